The Morgan fingerprint density at radius 2 is 1.72 bits per heavy atom. The highest BCUT2D eigenvalue weighted by Crippen LogP contribution is 2.25. The zero-order valence-corrected chi connectivity index (χ0v) is 14.6. The molecule has 1 aliphatic heterocycles. The van der Waals surface area contributed by atoms with Crippen LogP contribution in [0.3, 0.4) is 0 Å². The first-order valence-electron chi connectivity index (χ1n) is 8.22. The van der Waals surface area contributed by atoms with Gasteiger partial charge in [-0.3, -0.25) is 10.2 Å². The number of ether oxygens (including phenoxy) is 2. The van der Waals surface area contributed by atoms with E-state index in [1.807, 2.05) is 43.3 Å². The van der Waals surface area contributed by atoms with Gasteiger partial charge in [0.1, 0.15) is 11.5 Å². The Morgan fingerprint density at radius 3 is 2.40 bits per heavy atom. The fourth-order valence-corrected chi connectivity index (χ4v) is 3.00. The van der Waals surface area contributed by atoms with Crippen molar-refractivity contribution in [1.29, 1.82) is 0 Å². The van der Waals surface area contributed by atoms with E-state index in [-0.39, 0.29) is 24.0 Å². The van der Waals surface area contributed by atoms with Crippen molar-refractivity contribution in [2.75, 3.05) is 14.2 Å². The van der Waals surface area contributed by atoms with Gasteiger partial charge in [0.2, 0.25) is 0 Å². The Hall–Kier alpha value is -2.57. The Kier molecular flexibility index (Phi) is 5.21. The third-order valence-electron chi connectivity index (χ3n) is 4.47. The van der Waals surface area contributed by atoms with Crippen molar-refractivity contribution in [2.45, 2.75) is 25.0 Å². The van der Waals surface area contributed by atoms with Crippen LogP contribution in [0.25, 0.3) is 0 Å². The van der Waals surface area contributed by atoms with Gasteiger partial charge in [0.25, 0.3) is 5.91 Å². The lowest BCUT2D eigenvalue weighted by atomic mass is 9.96. The van der Waals surface area contributed by atoms with Crippen LogP contribution >= 0.6 is 0 Å². The molecule has 0 spiro atoms. The molecular formula is C19H23N3O3. The van der Waals surface area contributed by atoms with Crippen LogP contribution in [0.5, 0.6) is 11.5 Å². The molecule has 6 nitrogen and oxygen atoms in total. The molecule has 25 heavy (non-hydrogen) atoms. The number of hydrazine groups is 1. The van der Waals surface area contributed by atoms with Crippen molar-refractivity contribution in [2.24, 2.45) is 0 Å². The van der Waals surface area contributed by atoms with Gasteiger partial charge in [-0.05, 0) is 42.8 Å². The van der Waals surface area contributed by atoms with E-state index in [4.69, 9.17) is 9.47 Å². The molecule has 1 fully saturated rings. The van der Waals surface area contributed by atoms with Gasteiger partial charge in [-0.15, -0.1) is 0 Å². The van der Waals surface area contributed by atoms with Crippen LogP contribution < -0.4 is 25.6 Å². The van der Waals surface area contributed by atoms with E-state index in [1.165, 1.54) is 0 Å². The first-order valence-corrected chi connectivity index (χ1v) is 8.22. The molecule has 0 saturated carbocycles. The average molecular weight is 341 g/mol. The second kappa shape index (κ2) is 7.55. The number of carbonyl (C=O) groups is 1. The Morgan fingerprint density at radius 1 is 1.00 bits per heavy atom. The lowest BCUT2D eigenvalue weighted by Gasteiger charge is -2.23. The Bertz CT molecular complexity index is 733. The highest BCUT2D eigenvalue weighted by molar-refractivity contribution is 5.94. The van der Waals surface area contributed by atoms with Crippen LogP contribution in [0.4, 0.5) is 0 Å². The van der Waals surface area contributed by atoms with Gasteiger partial charge in [0.15, 0.2) is 0 Å². The molecule has 132 valence electrons. The summed E-state index contributed by atoms with van der Waals surface area (Å²) < 4.78 is 10.4. The summed E-state index contributed by atoms with van der Waals surface area (Å²) in [6.07, 6.45) is 0. The first kappa shape index (κ1) is 17.3. The number of hydrogen-bond acceptors (Lipinski definition) is 5. The summed E-state index contributed by atoms with van der Waals surface area (Å²) in [6.45, 7) is 2.03. The van der Waals surface area contributed by atoms with E-state index in [0.717, 1.165) is 11.3 Å². The lowest BCUT2D eigenvalue weighted by molar-refractivity contribution is 0.0930. The second-order valence-corrected chi connectivity index (χ2v) is 6.06. The highest BCUT2D eigenvalue weighted by Gasteiger charge is 2.35. The minimum Gasteiger partial charge on any atom is -0.497 e. The zero-order valence-electron chi connectivity index (χ0n) is 14.6. The van der Waals surface area contributed by atoms with E-state index in [0.29, 0.717) is 11.3 Å². The molecule has 3 rings (SSSR count). The summed E-state index contributed by atoms with van der Waals surface area (Å²) in [5.41, 5.74) is 8.12. The molecule has 3 atom stereocenters. The molecule has 0 aliphatic carbocycles. The van der Waals surface area contributed by atoms with Crippen LogP contribution in [0.2, 0.25) is 0 Å². The molecule has 0 radical (unpaired) electrons. The molecule has 1 aliphatic rings. The van der Waals surface area contributed by atoms with Crippen molar-refractivity contribution in [3.63, 3.8) is 0 Å². The topological polar surface area (TPSA) is 71.6 Å². The fourth-order valence-electron chi connectivity index (χ4n) is 3.00. The van der Waals surface area contributed by atoms with Gasteiger partial charge in [-0.2, -0.15) is 0 Å². The first-order chi connectivity index (χ1) is 12.1. The van der Waals surface area contributed by atoms with E-state index in [2.05, 4.69) is 16.2 Å². The van der Waals surface area contributed by atoms with Crippen molar-refractivity contribution in [3.05, 3.63) is 59.7 Å². The monoisotopic (exact) mass is 341 g/mol. The summed E-state index contributed by atoms with van der Waals surface area (Å²) in [5, 5.41) is 3.12. The zero-order chi connectivity index (χ0) is 17.8. The average Bonchev–Trinajstić information content (AvgIpc) is 3.02. The van der Waals surface area contributed by atoms with Crippen LogP contribution in [0, 0.1) is 0 Å². The number of methoxy groups -OCH3 is 2. The largest absolute Gasteiger partial charge is 0.497 e. The van der Waals surface area contributed by atoms with Crippen molar-refractivity contribution >= 4 is 5.91 Å². The highest BCUT2D eigenvalue weighted by atomic mass is 16.5. The number of amides is 1. The lowest BCUT2D eigenvalue weighted by Crippen LogP contribution is -2.44. The predicted octanol–water partition coefficient (Wildman–Crippen LogP) is 2.04. The van der Waals surface area contributed by atoms with Crippen LogP contribution in [0.1, 0.15) is 28.9 Å². The molecule has 1 saturated heterocycles. The van der Waals surface area contributed by atoms with Crippen LogP contribution in [-0.2, 0) is 0 Å². The van der Waals surface area contributed by atoms with Crippen molar-refractivity contribution in [1.82, 2.24) is 16.2 Å². The second-order valence-electron chi connectivity index (χ2n) is 6.06. The van der Waals surface area contributed by atoms with Gasteiger partial charge in [0.05, 0.1) is 26.3 Å². The minimum atomic E-state index is -0.125. The SMILES string of the molecule is COc1ccc(C2NNC(C)C2NC(=O)c2cccc(OC)c2)cc1. The molecule has 0 aromatic heterocycles. The van der Waals surface area contributed by atoms with Crippen molar-refractivity contribution in [3.8, 4) is 11.5 Å². The number of hydrogen-bond donors (Lipinski definition) is 3. The molecule has 6 heteroatoms. The number of carbonyl (C=O) groups excluding carboxylic acids is 1. The number of nitrogens with one attached hydrogen (secondary N) is 3. The fraction of sp³-hybridized carbons (Fsp3) is 0.316. The molecule has 1 heterocycles. The van der Waals surface area contributed by atoms with Crippen LogP contribution in [0.15, 0.2) is 48.5 Å². The van der Waals surface area contributed by atoms with Gasteiger partial charge in [0, 0.05) is 11.6 Å². The normalized spacial score (nSPS) is 22.4. The van der Waals surface area contributed by atoms with Gasteiger partial charge >= 0.3 is 0 Å². The molecule has 1 amide bonds. The standard InChI is InChI=1S/C19H23N3O3/c1-12-17(20-19(23)14-5-4-6-16(11-14)25-3)18(22-21-12)13-7-9-15(24-2)10-8-13/h4-12,17-18,21-22H,1-3H3,(H,20,23). The molecule has 2 aromatic rings. The van der Waals surface area contributed by atoms with Crippen molar-refractivity contribution < 1.29 is 14.3 Å². The van der Waals surface area contributed by atoms with Gasteiger partial charge < -0.3 is 14.8 Å². The van der Waals surface area contributed by atoms with E-state index in [9.17, 15) is 4.79 Å². The van der Waals surface area contributed by atoms with Gasteiger partial charge in [-0.1, -0.05) is 18.2 Å². The van der Waals surface area contributed by atoms with Gasteiger partial charge in [-0.25, -0.2) is 5.43 Å². The smallest absolute Gasteiger partial charge is 0.251 e. The summed E-state index contributed by atoms with van der Waals surface area (Å²) in [5.74, 6) is 1.34. The number of benzene rings is 2. The quantitative estimate of drug-likeness (QED) is 0.776. The Balaban J connectivity index is 1.77. The third-order valence-corrected chi connectivity index (χ3v) is 4.47. The molecule has 0 bridgehead atoms. The summed E-state index contributed by atoms with van der Waals surface area (Å²) in [6, 6.07) is 14.9. The maximum Gasteiger partial charge on any atom is 0.251 e. The summed E-state index contributed by atoms with van der Waals surface area (Å²) in [7, 11) is 3.23. The van der Waals surface area contributed by atoms with E-state index in [1.54, 1.807) is 26.4 Å². The maximum absolute atomic E-state index is 12.6. The van der Waals surface area contributed by atoms with E-state index < -0.39 is 0 Å². The molecule has 2 aromatic carbocycles. The minimum absolute atomic E-state index is 0.0320. The molecule has 3 unspecified atom stereocenters. The molecule has 3 N–H and O–H groups in total. The predicted molar refractivity (Wildman–Crippen MR) is 95.7 cm³/mol. The number of rotatable bonds is 5. The van der Waals surface area contributed by atoms with E-state index >= 15 is 0 Å². The Labute approximate surface area is 147 Å². The summed E-state index contributed by atoms with van der Waals surface area (Å²) >= 11 is 0. The molecular weight excluding hydrogens is 318 g/mol. The third kappa shape index (κ3) is 3.75. The summed E-state index contributed by atoms with van der Waals surface area (Å²) in [4.78, 5) is 12.6. The van der Waals surface area contributed by atoms with Crippen LogP contribution in [-0.4, -0.2) is 32.2 Å². The maximum atomic E-state index is 12.6.